The Kier molecular flexibility index (Phi) is 3.97. The van der Waals surface area contributed by atoms with Gasteiger partial charge in [0.1, 0.15) is 6.07 Å². The molecule has 0 saturated heterocycles. The van der Waals surface area contributed by atoms with Crippen LogP contribution in [0.4, 0.5) is 5.69 Å². The summed E-state index contributed by atoms with van der Waals surface area (Å²) in [6, 6.07) is 9.26. The molecule has 0 saturated carbocycles. The van der Waals surface area contributed by atoms with E-state index < -0.39 is 0 Å². The second-order valence-corrected chi connectivity index (χ2v) is 3.62. The van der Waals surface area contributed by atoms with Crippen molar-refractivity contribution >= 4 is 17.3 Å². The molecule has 0 aliphatic rings. The van der Waals surface area contributed by atoms with Gasteiger partial charge in [0.15, 0.2) is 0 Å². The second-order valence-electron chi connectivity index (χ2n) is 3.21. The van der Waals surface area contributed by atoms with Crippen LogP contribution in [0.2, 0.25) is 5.02 Å². The smallest absolute Gasteiger partial charge is 0.101 e. The molecule has 0 heterocycles. The third kappa shape index (κ3) is 3.16. The molecule has 1 N–H and O–H groups in total. The summed E-state index contributed by atoms with van der Waals surface area (Å²) >= 11 is 5.86. The fourth-order valence-electron chi connectivity index (χ4n) is 1.17. The first-order valence-corrected chi connectivity index (χ1v) is 4.88. The SMILES string of the molecule is CC(CC#N)Nc1ccc(C#N)c(Cl)c1. The summed E-state index contributed by atoms with van der Waals surface area (Å²) < 4.78 is 0. The molecule has 0 spiro atoms. The van der Waals surface area contributed by atoms with E-state index in [9.17, 15) is 0 Å². The predicted octanol–water partition coefficient (Wildman–Crippen LogP) is 2.93. The summed E-state index contributed by atoms with van der Waals surface area (Å²) in [4.78, 5) is 0. The summed E-state index contributed by atoms with van der Waals surface area (Å²) in [5.41, 5.74) is 1.27. The number of rotatable bonds is 3. The molecule has 3 nitrogen and oxygen atoms in total. The first kappa shape index (κ1) is 11.4. The van der Waals surface area contributed by atoms with Crippen LogP contribution >= 0.6 is 11.6 Å². The van der Waals surface area contributed by atoms with Gasteiger partial charge in [-0.25, -0.2) is 0 Å². The van der Waals surface area contributed by atoms with Gasteiger partial charge in [-0.1, -0.05) is 11.6 Å². The Morgan fingerprint density at radius 2 is 2.20 bits per heavy atom. The highest BCUT2D eigenvalue weighted by molar-refractivity contribution is 6.32. The lowest BCUT2D eigenvalue weighted by molar-refractivity contribution is 0.821. The monoisotopic (exact) mass is 219 g/mol. The Balaban J connectivity index is 2.77. The highest BCUT2D eigenvalue weighted by Crippen LogP contribution is 2.20. The van der Waals surface area contributed by atoms with Gasteiger partial charge in [-0.3, -0.25) is 0 Å². The van der Waals surface area contributed by atoms with E-state index in [1.807, 2.05) is 13.0 Å². The molecule has 15 heavy (non-hydrogen) atoms. The number of halogens is 1. The first-order valence-electron chi connectivity index (χ1n) is 4.50. The summed E-state index contributed by atoms with van der Waals surface area (Å²) in [7, 11) is 0. The number of hydrogen-bond acceptors (Lipinski definition) is 3. The summed E-state index contributed by atoms with van der Waals surface area (Å²) in [5.74, 6) is 0. The lowest BCUT2D eigenvalue weighted by Gasteiger charge is -2.12. The topological polar surface area (TPSA) is 59.6 Å². The Labute approximate surface area is 93.9 Å². The molecule has 0 aliphatic heterocycles. The van der Waals surface area contributed by atoms with Gasteiger partial charge in [-0.05, 0) is 25.1 Å². The van der Waals surface area contributed by atoms with Gasteiger partial charge < -0.3 is 5.32 Å². The van der Waals surface area contributed by atoms with Crippen LogP contribution in [0.15, 0.2) is 18.2 Å². The number of nitrogens with zero attached hydrogens (tertiary/aromatic N) is 2. The van der Waals surface area contributed by atoms with E-state index in [4.69, 9.17) is 22.1 Å². The molecule has 1 rings (SSSR count). The fraction of sp³-hybridized carbons (Fsp3) is 0.273. The van der Waals surface area contributed by atoms with Gasteiger partial charge >= 0.3 is 0 Å². The van der Waals surface area contributed by atoms with E-state index in [1.165, 1.54) is 0 Å². The average Bonchev–Trinajstić information content (AvgIpc) is 2.18. The predicted molar refractivity (Wildman–Crippen MR) is 59.5 cm³/mol. The molecular weight excluding hydrogens is 210 g/mol. The minimum absolute atomic E-state index is 0.0685. The first-order chi connectivity index (χ1) is 7.17. The van der Waals surface area contributed by atoms with Crippen LogP contribution in [0.1, 0.15) is 18.9 Å². The maximum absolute atomic E-state index is 8.68. The Hall–Kier alpha value is -1.71. The molecule has 1 atom stereocenters. The van der Waals surface area contributed by atoms with Gasteiger partial charge in [0.2, 0.25) is 0 Å². The minimum Gasteiger partial charge on any atom is -0.382 e. The lowest BCUT2D eigenvalue weighted by Crippen LogP contribution is -2.13. The minimum atomic E-state index is 0.0685. The lowest BCUT2D eigenvalue weighted by atomic mass is 10.2. The van der Waals surface area contributed by atoms with E-state index in [2.05, 4.69) is 11.4 Å². The molecule has 0 fully saturated rings. The van der Waals surface area contributed by atoms with Crippen LogP contribution in [0.25, 0.3) is 0 Å². The van der Waals surface area contributed by atoms with E-state index in [-0.39, 0.29) is 6.04 Å². The highest BCUT2D eigenvalue weighted by atomic mass is 35.5. The zero-order valence-corrected chi connectivity index (χ0v) is 9.04. The van der Waals surface area contributed by atoms with Crippen LogP contribution < -0.4 is 5.32 Å². The van der Waals surface area contributed by atoms with Gasteiger partial charge in [0.05, 0.1) is 23.1 Å². The summed E-state index contributed by atoms with van der Waals surface area (Å²) in [6.45, 7) is 1.91. The van der Waals surface area contributed by atoms with Gasteiger partial charge in [0.25, 0.3) is 0 Å². The molecule has 76 valence electrons. The third-order valence-corrected chi connectivity index (χ3v) is 2.21. The number of nitrogens with one attached hydrogen (secondary N) is 1. The van der Waals surface area contributed by atoms with Crippen LogP contribution in [0, 0.1) is 22.7 Å². The molecule has 1 aromatic carbocycles. The van der Waals surface area contributed by atoms with Crippen LogP contribution in [-0.4, -0.2) is 6.04 Å². The quantitative estimate of drug-likeness (QED) is 0.850. The average molecular weight is 220 g/mol. The summed E-state index contributed by atoms with van der Waals surface area (Å²) in [6.07, 6.45) is 0.428. The van der Waals surface area contributed by atoms with Gasteiger partial charge in [0, 0.05) is 11.7 Å². The highest BCUT2D eigenvalue weighted by Gasteiger charge is 2.04. The molecule has 0 amide bonds. The number of anilines is 1. The van der Waals surface area contributed by atoms with Crippen molar-refractivity contribution in [2.75, 3.05) is 5.32 Å². The van der Waals surface area contributed by atoms with Crippen molar-refractivity contribution in [3.05, 3.63) is 28.8 Å². The second kappa shape index (κ2) is 5.24. The van der Waals surface area contributed by atoms with E-state index in [1.54, 1.807) is 18.2 Å². The van der Waals surface area contributed by atoms with Crippen LogP contribution in [-0.2, 0) is 0 Å². The Morgan fingerprint density at radius 3 is 2.73 bits per heavy atom. The van der Waals surface area contributed by atoms with E-state index >= 15 is 0 Å². The third-order valence-electron chi connectivity index (χ3n) is 1.90. The van der Waals surface area contributed by atoms with Crippen LogP contribution in [0.5, 0.6) is 0 Å². The number of hydrogen-bond donors (Lipinski definition) is 1. The molecule has 1 aromatic rings. The van der Waals surface area contributed by atoms with Crippen molar-refractivity contribution in [2.24, 2.45) is 0 Å². The maximum Gasteiger partial charge on any atom is 0.101 e. The van der Waals surface area contributed by atoms with E-state index in [0.717, 1.165) is 5.69 Å². The van der Waals surface area contributed by atoms with Crippen molar-refractivity contribution in [2.45, 2.75) is 19.4 Å². The van der Waals surface area contributed by atoms with E-state index in [0.29, 0.717) is 17.0 Å². The maximum atomic E-state index is 8.68. The molecule has 0 bridgehead atoms. The molecule has 1 unspecified atom stereocenters. The van der Waals surface area contributed by atoms with Gasteiger partial charge in [-0.15, -0.1) is 0 Å². The van der Waals surface area contributed by atoms with Crippen molar-refractivity contribution in [3.8, 4) is 12.1 Å². The Morgan fingerprint density at radius 1 is 1.47 bits per heavy atom. The van der Waals surface area contributed by atoms with Crippen LogP contribution in [0.3, 0.4) is 0 Å². The molecule has 0 radical (unpaired) electrons. The number of nitriles is 2. The van der Waals surface area contributed by atoms with Crippen molar-refractivity contribution in [1.29, 1.82) is 10.5 Å². The van der Waals surface area contributed by atoms with Crippen molar-refractivity contribution in [1.82, 2.24) is 0 Å². The molecule has 4 heteroatoms. The zero-order valence-electron chi connectivity index (χ0n) is 8.29. The van der Waals surface area contributed by atoms with Gasteiger partial charge in [-0.2, -0.15) is 10.5 Å². The fourth-order valence-corrected chi connectivity index (χ4v) is 1.39. The zero-order chi connectivity index (χ0) is 11.3. The summed E-state index contributed by atoms with van der Waals surface area (Å²) in [5, 5.41) is 20.7. The molecule has 0 aromatic heterocycles. The standard InChI is InChI=1S/C11H10ClN3/c1-8(4-5-13)15-10-3-2-9(7-14)11(12)6-10/h2-3,6,8,15H,4H2,1H3. The Bertz CT molecular complexity index is 428. The molecule has 0 aliphatic carbocycles. The normalized spacial score (nSPS) is 11.2. The van der Waals surface area contributed by atoms with Crippen molar-refractivity contribution < 1.29 is 0 Å². The largest absolute Gasteiger partial charge is 0.382 e. The molecular formula is C11H10ClN3. The number of benzene rings is 1. The van der Waals surface area contributed by atoms with Crippen molar-refractivity contribution in [3.63, 3.8) is 0 Å².